The summed E-state index contributed by atoms with van der Waals surface area (Å²) in [4.78, 5) is 31.0. The van der Waals surface area contributed by atoms with E-state index >= 15 is 0 Å². The van der Waals surface area contributed by atoms with Crippen molar-refractivity contribution in [2.45, 2.75) is 66.5 Å². The van der Waals surface area contributed by atoms with E-state index in [1.165, 1.54) is 23.1 Å². The maximum Gasteiger partial charge on any atom is 0.291 e. The van der Waals surface area contributed by atoms with Crippen LogP contribution in [0.2, 0.25) is 0 Å². The Balaban J connectivity index is 1.42. The first-order valence-electron chi connectivity index (χ1n) is 16.3. The lowest BCUT2D eigenvalue weighted by Crippen LogP contribution is -2.26. The van der Waals surface area contributed by atoms with E-state index in [1.807, 2.05) is 24.3 Å². The number of hydrogen-bond donors (Lipinski definition) is 2. The van der Waals surface area contributed by atoms with Crippen molar-refractivity contribution in [3.05, 3.63) is 119 Å². The summed E-state index contributed by atoms with van der Waals surface area (Å²) >= 11 is 0. The highest BCUT2D eigenvalue weighted by molar-refractivity contribution is 6.04. The molecule has 0 bridgehead atoms. The number of hydrogen-bond acceptors (Lipinski definition) is 5. The van der Waals surface area contributed by atoms with Gasteiger partial charge in [-0.05, 0) is 98.3 Å². The second kappa shape index (κ2) is 17.2. The number of para-hydroxylation sites is 1. The first-order chi connectivity index (χ1) is 21.9. The van der Waals surface area contributed by atoms with Crippen LogP contribution in [0.1, 0.15) is 83.2 Å². The van der Waals surface area contributed by atoms with Gasteiger partial charge >= 0.3 is 0 Å². The monoisotopic (exact) mass is 608 g/mol. The van der Waals surface area contributed by atoms with Crippen LogP contribution in [-0.4, -0.2) is 42.9 Å². The SMILES string of the molecule is CCCN(CCCCc1ccc(C(=O)NCc2cccc(CN(CC)CC)c2)cc1NC(=O)c1ccco1)c1ccccc1C. The topological polar surface area (TPSA) is 77.8 Å². The number of rotatable bonds is 17. The summed E-state index contributed by atoms with van der Waals surface area (Å²) in [6.07, 6.45) is 5.30. The van der Waals surface area contributed by atoms with E-state index in [2.05, 4.69) is 84.5 Å². The van der Waals surface area contributed by atoms with Crippen molar-refractivity contribution in [1.29, 1.82) is 0 Å². The molecule has 0 radical (unpaired) electrons. The van der Waals surface area contributed by atoms with Gasteiger partial charge in [-0.3, -0.25) is 14.5 Å². The number of nitrogens with zero attached hydrogens (tertiary/aromatic N) is 2. The zero-order valence-corrected chi connectivity index (χ0v) is 27.3. The summed E-state index contributed by atoms with van der Waals surface area (Å²) < 4.78 is 5.32. The second-order valence-electron chi connectivity index (χ2n) is 11.5. The van der Waals surface area contributed by atoms with Gasteiger partial charge in [0.2, 0.25) is 0 Å². The lowest BCUT2D eigenvalue weighted by molar-refractivity contribution is 0.0949. The number of furan rings is 1. The average molecular weight is 609 g/mol. The Labute approximate surface area is 268 Å². The predicted molar refractivity (Wildman–Crippen MR) is 184 cm³/mol. The molecule has 0 atom stereocenters. The second-order valence-corrected chi connectivity index (χ2v) is 11.5. The van der Waals surface area contributed by atoms with Crippen LogP contribution < -0.4 is 15.5 Å². The minimum Gasteiger partial charge on any atom is -0.459 e. The van der Waals surface area contributed by atoms with Crippen LogP contribution in [0.15, 0.2) is 89.5 Å². The number of unbranched alkanes of at least 4 members (excludes halogenated alkanes) is 1. The molecule has 2 amide bonds. The number of carbonyl (C=O) groups is 2. The molecule has 2 N–H and O–H groups in total. The molecule has 0 saturated heterocycles. The van der Waals surface area contributed by atoms with Crippen molar-refractivity contribution in [3.8, 4) is 0 Å². The van der Waals surface area contributed by atoms with Crippen molar-refractivity contribution in [3.63, 3.8) is 0 Å². The number of amides is 2. The smallest absolute Gasteiger partial charge is 0.291 e. The summed E-state index contributed by atoms with van der Waals surface area (Å²) in [6.45, 7) is 14.0. The van der Waals surface area contributed by atoms with Crippen LogP contribution in [0.3, 0.4) is 0 Å². The molecular formula is C38H48N4O3. The molecule has 0 spiro atoms. The molecule has 4 rings (SSSR count). The third kappa shape index (κ3) is 9.82. The highest BCUT2D eigenvalue weighted by atomic mass is 16.3. The summed E-state index contributed by atoms with van der Waals surface area (Å²) in [5.41, 5.74) is 6.99. The Hall–Kier alpha value is -4.36. The van der Waals surface area contributed by atoms with Crippen molar-refractivity contribution in [1.82, 2.24) is 10.2 Å². The van der Waals surface area contributed by atoms with Crippen LogP contribution >= 0.6 is 0 Å². The molecular weight excluding hydrogens is 560 g/mol. The Morgan fingerprint density at radius 3 is 2.33 bits per heavy atom. The third-order valence-electron chi connectivity index (χ3n) is 8.18. The molecule has 0 saturated carbocycles. The van der Waals surface area contributed by atoms with Gasteiger partial charge in [0, 0.05) is 43.1 Å². The van der Waals surface area contributed by atoms with Gasteiger partial charge in [-0.25, -0.2) is 0 Å². The van der Waals surface area contributed by atoms with Gasteiger partial charge in [-0.15, -0.1) is 0 Å². The van der Waals surface area contributed by atoms with Crippen LogP contribution in [0.5, 0.6) is 0 Å². The van der Waals surface area contributed by atoms with E-state index in [9.17, 15) is 9.59 Å². The van der Waals surface area contributed by atoms with E-state index in [1.54, 1.807) is 18.2 Å². The van der Waals surface area contributed by atoms with Crippen LogP contribution in [-0.2, 0) is 19.5 Å². The third-order valence-corrected chi connectivity index (χ3v) is 8.18. The molecule has 4 aromatic rings. The Morgan fingerprint density at radius 2 is 1.60 bits per heavy atom. The Kier molecular flexibility index (Phi) is 12.8. The fraction of sp³-hybridized carbons (Fsp3) is 0.368. The zero-order valence-electron chi connectivity index (χ0n) is 27.3. The summed E-state index contributed by atoms with van der Waals surface area (Å²) in [6, 6.07) is 25.8. The van der Waals surface area contributed by atoms with Crippen molar-refractivity contribution < 1.29 is 14.0 Å². The molecule has 1 aromatic heterocycles. The van der Waals surface area contributed by atoms with Gasteiger partial charge in [-0.2, -0.15) is 0 Å². The van der Waals surface area contributed by atoms with Crippen molar-refractivity contribution in [2.24, 2.45) is 0 Å². The van der Waals surface area contributed by atoms with Gasteiger partial charge < -0.3 is 20.0 Å². The molecule has 238 valence electrons. The maximum atomic E-state index is 13.3. The lowest BCUT2D eigenvalue weighted by atomic mass is 10.0. The lowest BCUT2D eigenvalue weighted by Gasteiger charge is -2.26. The van der Waals surface area contributed by atoms with Gasteiger partial charge in [-0.1, -0.05) is 69.3 Å². The summed E-state index contributed by atoms with van der Waals surface area (Å²) in [5.74, 6) is -0.288. The molecule has 3 aromatic carbocycles. The normalized spacial score (nSPS) is 11.0. The van der Waals surface area contributed by atoms with Gasteiger partial charge in [0.15, 0.2) is 5.76 Å². The quantitative estimate of drug-likeness (QED) is 0.119. The largest absolute Gasteiger partial charge is 0.459 e. The van der Waals surface area contributed by atoms with Crippen LogP contribution in [0, 0.1) is 6.92 Å². The van der Waals surface area contributed by atoms with E-state index in [0.717, 1.165) is 69.5 Å². The molecule has 0 fully saturated rings. The van der Waals surface area contributed by atoms with E-state index in [0.29, 0.717) is 17.8 Å². The fourth-order valence-corrected chi connectivity index (χ4v) is 5.63. The van der Waals surface area contributed by atoms with E-state index in [-0.39, 0.29) is 17.6 Å². The Morgan fingerprint density at radius 1 is 0.800 bits per heavy atom. The molecule has 1 heterocycles. The van der Waals surface area contributed by atoms with Gasteiger partial charge in [0.05, 0.1) is 6.26 Å². The summed E-state index contributed by atoms with van der Waals surface area (Å²) in [7, 11) is 0. The highest BCUT2D eigenvalue weighted by Crippen LogP contribution is 2.24. The molecule has 0 unspecified atom stereocenters. The van der Waals surface area contributed by atoms with Crippen LogP contribution in [0.25, 0.3) is 0 Å². The van der Waals surface area contributed by atoms with E-state index in [4.69, 9.17) is 4.42 Å². The maximum absolute atomic E-state index is 13.3. The fourth-order valence-electron chi connectivity index (χ4n) is 5.63. The van der Waals surface area contributed by atoms with Crippen molar-refractivity contribution >= 4 is 23.2 Å². The van der Waals surface area contributed by atoms with Crippen molar-refractivity contribution in [2.75, 3.05) is 36.4 Å². The zero-order chi connectivity index (χ0) is 32.0. The predicted octanol–water partition coefficient (Wildman–Crippen LogP) is 7.85. The average Bonchev–Trinajstić information content (AvgIpc) is 3.60. The highest BCUT2D eigenvalue weighted by Gasteiger charge is 2.15. The van der Waals surface area contributed by atoms with Crippen LogP contribution in [0.4, 0.5) is 11.4 Å². The standard InChI is InChI=1S/C38H48N4O3/c1-5-22-42(35-18-9-8-14-29(35)4)23-11-10-17-32-20-21-33(26-34(32)40-38(44)36-19-13-24-45-36)37(43)39-27-30-15-12-16-31(25-30)28-41(6-2)7-3/h8-9,12-16,18-21,24-26H,5-7,10-11,17,22-23,27-28H2,1-4H3,(H,39,43)(H,40,44). The number of benzene rings is 3. The minimum atomic E-state index is -0.336. The molecule has 0 aliphatic rings. The Bertz CT molecular complexity index is 1510. The molecule has 7 heteroatoms. The number of nitrogens with one attached hydrogen (secondary N) is 2. The number of anilines is 2. The minimum absolute atomic E-state index is 0.183. The molecule has 0 aliphatic heterocycles. The first kappa shape index (κ1) is 33.5. The van der Waals surface area contributed by atoms with Gasteiger partial charge in [0.1, 0.15) is 0 Å². The number of aryl methyl sites for hydroxylation is 2. The molecule has 0 aliphatic carbocycles. The molecule has 7 nitrogen and oxygen atoms in total. The van der Waals surface area contributed by atoms with Gasteiger partial charge in [0.25, 0.3) is 11.8 Å². The van der Waals surface area contributed by atoms with E-state index < -0.39 is 0 Å². The molecule has 45 heavy (non-hydrogen) atoms. The first-order valence-corrected chi connectivity index (χ1v) is 16.3. The number of carbonyl (C=O) groups excluding carboxylic acids is 2. The summed E-state index contributed by atoms with van der Waals surface area (Å²) in [5, 5.41) is 6.05.